The van der Waals surface area contributed by atoms with Gasteiger partial charge in [0.05, 0.1) is 21.3 Å². The number of rotatable bonds is 4. The molecule has 0 spiro atoms. The Morgan fingerprint density at radius 1 is 1.00 bits per heavy atom. The van der Waals surface area contributed by atoms with E-state index in [9.17, 15) is 18.0 Å². The predicted octanol–water partition coefficient (Wildman–Crippen LogP) is 6.04. The van der Waals surface area contributed by atoms with Crippen LogP contribution in [0.5, 0.6) is 0 Å². The number of aryl methyl sites for hydroxylation is 1. The number of aromatic nitrogens is 5. The first-order valence-electron chi connectivity index (χ1n) is 12.5. The maximum absolute atomic E-state index is 13.6. The summed E-state index contributed by atoms with van der Waals surface area (Å²) in [6.45, 7) is 3.17. The molecule has 6 rings (SSSR count). The van der Waals surface area contributed by atoms with Gasteiger partial charge in [0.2, 0.25) is 5.95 Å². The molecular weight excluding hydrogens is 582 g/mol. The van der Waals surface area contributed by atoms with Crippen LogP contribution in [0.3, 0.4) is 0 Å². The van der Waals surface area contributed by atoms with E-state index in [-0.39, 0.29) is 22.9 Å². The molecule has 1 aliphatic rings. The zero-order valence-corrected chi connectivity index (χ0v) is 22.9. The van der Waals surface area contributed by atoms with Crippen molar-refractivity contribution < 1.29 is 22.5 Å². The monoisotopic (exact) mass is 601 g/mol. The zero-order valence-electron chi connectivity index (χ0n) is 21.4. The maximum Gasteiger partial charge on any atom is 0.416 e. The molecular formula is C27H20Cl2F3N7O2. The Balaban J connectivity index is 1.23. The molecule has 0 unspecified atom stereocenters. The third kappa shape index (κ3) is 4.97. The summed E-state index contributed by atoms with van der Waals surface area (Å²) in [7, 11) is 0. The number of benzene rings is 2. The van der Waals surface area contributed by atoms with Crippen molar-refractivity contribution in [2.45, 2.75) is 13.1 Å². The SMILES string of the molecule is Cc1onc(-c2c(Cl)cccc2Cl)c1C(=O)N1CCN(c2nc3nccc(-c4cccc(C(F)(F)F)c4)n3n2)CC1. The van der Waals surface area contributed by atoms with Crippen LogP contribution in [-0.4, -0.2) is 61.7 Å². The third-order valence-electron chi connectivity index (χ3n) is 6.84. The number of anilines is 1. The van der Waals surface area contributed by atoms with E-state index in [0.29, 0.717) is 64.8 Å². The average Bonchev–Trinajstić information content (AvgIpc) is 3.56. The van der Waals surface area contributed by atoms with Crippen molar-refractivity contribution >= 4 is 40.8 Å². The molecule has 1 saturated heterocycles. The van der Waals surface area contributed by atoms with Crippen LogP contribution in [0.2, 0.25) is 10.0 Å². The van der Waals surface area contributed by atoms with Gasteiger partial charge in [-0.25, -0.2) is 4.98 Å². The lowest BCUT2D eigenvalue weighted by atomic mass is 10.0. The number of carbonyl (C=O) groups excluding carboxylic acids is 1. The second-order valence-corrected chi connectivity index (χ2v) is 10.2. The van der Waals surface area contributed by atoms with Crippen molar-refractivity contribution in [2.75, 3.05) is 31.1 Å². The molecule has 2 aromatic carbocycles. The molecule has 9 nitrogen and oxygen atoms in total. The van der Waals surface area contributed by atoms with Crippen LogP contribution in [0, 0.1) is 6.92 Å². The highest BCUT2D eigenvalue weighted by atomic mass is 35.5. The molecule has 4 heterocycles. The van der Waals surface area contributed by atoms with Crippen LogP contribution >= 0.6 is 23.2 Å². The molecule has 0 bridgehead atoms. The molecule has 0 aliphatic carbocycles. The number of amides is 1. The van der Waals surface area contributed by atoms with Crippen LogP contribution < -0.4 is 4.90 Å². The Kier molecular flexibility index (Phi) is 6.82. The van der Waals surface area contributed by atoms with Crippen LogP contribution in [0.15, 0.2) is 59.3 Å². The Morgan fingerprint density at radius 2 is 1.71 bits per heavy atom. The van der Waals surface area contributed by atoms with E-state index in [1.165, 1.54) is 16.8 Å². The first-order valence-corrected chi connectivity index (χ1v) is 13.2. The lowest BCUT2D eigenvalue weighted by molar-refractivity contribution is -0.137. The van der Waals surface area contributed by atoms with Gasteiger partial charge in [0.1, 0.15) is 17.0 Å². The standard InChI is InChI=1S/C27H20Cl2F3N7O2/c1-15-21(23(36-41-15)22-18(28)6-3-7-19(22)29)24(40)37-10-12-38(13-11-37)26-34-25-33-9-8-20(39(25)35-26)16-4-2-5-17(14-16)27(30,31)32/h2-9,14H,10-13H2,1H3. The fraction of sp³-hybridized carbons (Fsp3) is 0.222. The van der Waals surface area contributed by atoms with Gasteiger partial charge in [-0.2, -0.15) is 22.7 Å². The van der Waals surface area contributed by atoms with Gasteiger partial charge >= 0.3 is 6.18 Å². The van der Waals surface area contributed by atoms with E-state index in [4.69, 9.17) is 27.7 Å². The number of nitrogens with zero attached hydrogens (tertiary/aromatic N) is 7. The minimum absolute atomic E-state index is 0.245. The fourth-order valence-corrected chi connectivity index (χ4v) is 5.35. The number of alkyl halides is 3. The maximum atomic E-state index is 13.6. The summed E-state index contributed by atoms with van der Waals surface area (Å²) in [5.41, 5.74) is 0.978. The van der Waals surface area contributed by atoms with Crippen LogP contribution in [-0.2, 0) is 6.18 Å². The van der Waals surface area contributed by atoms with Gasteiger partial charge in [-0.15, -0.1) is 5.10 Å². The van der Waals surface area contributed by atoms with Crippen LogP contribution in [0.1, 0.15) is 21.7 Å². The molecule has 5 aromatic rings. The third-order valence-corrected chi connectivity index (χ3v) is 7.47. The van der Waals surface area contributed by atoms with Crippen molar-refractivity contribution in [3.63, 3.8) is 0 Å². The Labute approximate surface area is 241 Å². The summed E-state index contributed by atoms with van der Waals surface area (Å²) in [6.07, 6.45) is -3.00. The van der Waals surface area contributed by atoms with Gasteiger partial charge < -0.3 is 14.3 Å². The lowest BCUT2D eigenvalue weighted by Crippen LogP contribution is -2.49. The van der Waals surface area contributed by atoms with Gasteiger partial charge in [0.25, 0.3) is 11.7 Å². The first kappa shape index (κ1) is 27.0. The number of hydrogen-bond acceptors (Lipinski definition) is 7. The minimum atomic E-state index is -4.47. The van der Waals surface area contributed by atoms with Crippen molar-refractivity contribution in [3.8, 4) is 22.5 Å². The van der Waals surface area contributed by atoms with E-state index in [1.807, 2.05) is 4.90 Å². The second-order valence-electron chi connectivity index (χ2n) is 9.37. The molecule has 1 amide bonds. The predicted molar refractivity (Wildman–Crippen MR) is 146 cm³/mol. The van der Waals surface area contributed by atoms with Crippen LogP contribution in [0.4, 0.5) is 19.1 Å². The largest absolute Gasteiger partial charge is 0.416 e. The quantitative estimate of drug-likeness (QED) is 0.248. The van der Waals surface area contributed by atoms with Crippen molar-refractivity contribution in [3.05, 3.63) is 81.7 Å². The minimum Gasteiger partial charge on any atom is -0.360 e. The molecule has 210 valence electrons. The van der Waals surface area contributed by atoms with Gasteiger partial charge in [-0.1, -0.05) is 46.6 Å². The summed E-state index contributed by atoms with van der Waals surface area (Å²) < 4.78 is 46.6. The molecule has 0 radical (unpaired) electrons. The first-order chi connectivity index (χ1) is 19.6. The molecule has 0 N–H and O–H groups in total. The van der Waals surface area contributed by atoms with Gasteiger partial charge in [0.15, 0.2) is 0 Å². The van der Waals surface area contributed by atoms with Crippen molar-refractivity contribution in [1.29, 1.82) is 0 Å². The lowest BCUT2D eigenvalue weighted by Gasteiger charge is -2.34. The topological polar surface area (TPSA) is 92.7 Å². The summed E-state index contributed by atoms with van der Waals surface area (Å²) in [6, 6.07) is 11.6. The number of piperazine rings is 1. The molecule has 1 fully saturated rings. The Morgan fingerprint density at radius 3 is 2.41 bits per heavy atom. The zero-order chi connectivity index (χ0) is 28.9. The fourth-order valence-electron chi connectivity index (χ4n) is 4.78. The molecule has 0 saturated carbocycles. The summed E-state index contributed by atoms with van der Waals surface area (Å²) in [5.74, 6) is 0.674. The van der Waals surface area contributed by atoms with E-state index in [0.717, 1.165) is 12.1 Å². The van der Waals surface area contributed by atoms with Gasteiger partial charge in [-0.3, -0.25) is 4.79 Å². The molecule has 0 atom stereocenters. The number of fused-ring (bicyclic) bond motifs is 1. The highest BCUT2D eigenvalue weighted by Gasteiger charge is 2.32. The summed E-state index contributed by atoms with van der Waals surface area (Å²) in [5, 5.41) is 9.31. The Hall–Kier alpha value is -4.16. The molecule has 1 aliphatic heterocycles. The van der Waals surface area contributed by atoms with Gasteiger partial charge in [0, 0.05) is 43.5 Å². The number of halogens is 5. The highest BCUT2D eigenvalue weighted by molar-refractivity contribution is 6.39. The van der Waals surface area contributed by atoms with Crippen molar-refractivity contribution in [1.82, 2.24) is 29.6 Å². The van der Waals surface area contributed by atoms with Crippen LogP contribution in [0.25, 0.3) is 28.3 Å². The smallest absolute Gasteiger partial charge is 0.360 e. The summed E-state index contributed by atoms with van der Waals surface area (Å²) >= 11 is 12.7. The molecule has 3 aromatic heterocycles. The van der Waals surface area contributed by atoms with E-state index >= 15 is 0 Å². The number of carbonyl (C=O) groups is 1. The number of hydrogen-bond donors (Lipinski definition) is 0. The molecule has 14 heteroatoms. The van der Waals surface area contributed by atoms with Crippen molar-refractivity contribution in [2.24, 2.45) is 0 Å². The normalized spacial score (nSPS) is 14.2. The molecule has 41 heavy (non-hydrogen) atoms. The second kappa shape index (κ2) is 10.3. The average molecular weight is 602 g/mol. The van der Waals surface area contributed by atoms with E-state index in [1.54, 1.807) is 42.2 Å². The summed E-state index contributed by atoms with van der Waals surface area (Å²) in [4.78, 5) is 25.9. The van der Waals surface area contributed by atoms with E-state index < -0.39 is 11.7 Å². The Bertz CT molecular complexity index is 1760. The highest BCUT2D eigenvalue weighted by Crippen LogP contribution is 2.37. The van der Waals surface area contributed by atoms with Gasteiger partial charge in [-0.05, 0) is 37.3 Å². The van der Waals surface area contributed by atoms with E-state index in [2.05, 4.69) is 20.2 Å².